The minimum Gasteiger partial charge on any atom is -0.495 e. The molecule has 4 rings (SSSR count). The van der Waals surface area contributed by atoms with E-state index in [0.717, 1.165) is 6.20 Å². The summed E-state index contributed by atoms with van der Waals surface area (Å²) in [6.07, 6.45) is -3.02. The zero-order valence-electron chi connectivity index (χ0n) is 17.7. The molecule has 1 aliphatic rings. The molecule has 3 N–H and O–H groups in total. The summed E-state index contributed by atoms with van der Waals surface area (Å²) < 4.78 is 63.7. The first-order valence-electron chi connectivity index (χ1n) is 9.87. The number of H-pyrrole nitrogens is 1. The number of benzene rings is 1. The van der Waals surface area contributed by atoms with Crippen LogP contribution in [0.2, 0.25) is 0 Å². The first-order chi connectivity index (χ1) is 15.1. The second-order valence-electron chi connectivity index (χ2n) is 7.88. The lowest BCUT2D eigenvalue weighted by atomic mass is 10.2. The molecule has 1 aromatic carbocycles. The van der Waals surface area contributed by atoms with E-state index < -0.39 is 18.9 Å². The number of ether oxygens (including phenoxy) is 2. The highest BCUT2D eigenvalue weighted by molar-refractivity contribution is 7.70. The van der Waals surface area contributed by atoms with Gasteiger partial charge in [0.25, 0.3) is 0 Å². The van der Waals surface area contributed by atoms with Crippen molar-refractivity contribution >= 4 is 40.9 Å². The number of aromatic nitrogens is 3. The second kappa shape index (κ2) is 8.29. The molecule has 1 atom stereocenters. The Bertz CT molecular complexity index is 1190. The van der Waals surface area contributed by atoms with Crippen molar-refractivity contribution in [2.24, 2.45) is 0 Å². The third kappa shape index (κ3) is 4.54. The third-order valence-electron chi connectivity index (χ3n) is 5.16. The van der Waals surface area contributed by atoms with Crippen LogP contribution in [0.25, 0.3) is 11.0 Å². The van der Waals surface area contributed by atoms with Gasteiger partial charge in [0, 0.05) is 18.1 Å². The summed E-state index contributed by atoms with van der Waals surface area (Å²) in [4.78, 5) is 11.2. The van der Waals surface area contributed by atoms with Crippen LogP contribution in [-0.2, 0) is 15.5 Å². The van der Waals surface area contributed by atoms with Gasteiger partial charge in [-0.15, -0.1) is 0 Å². The molecule has 1 aliphatic heterocycles. The van der Waals surface area contributed by atoms with Gasteiger partial charge in [-0.2, -0.15) is 23.1 Å². The number of hydrogen-bond donors (Lipinski definition) is 3. The van der Waals surface area contributed by atoms with Gasteiger partial charge in [-0.3, -0.25) is 0 Å². The largest absolute Gasteiger partial charge is 0.495 e. The van der Waals surface area contributed by atoms with Gasteiger partial charge in [0.2, 0.25) is 5.95 Å². The molecule has 1 saturated heterocycles. The van der Waals surface area contributed by atoms with Gasteiger partial charge in [0.05, 0.1) is 36.4 Å². The summed E-state index contributed by atoms with van der Waals surface area (Å²) in [7, 11) is -1.03. The van der Waals surface area contributed by atoms with Gasteiger partial charge >= 0.3 is 6.18 Å². The number of halogens is 3. The predicted molar refractivity (Wildman–Crippen MR) is 117 cm³/mol. The van der Waals surface area contributed by atoms with E-state index in [4.69, 9.17) is 9.47 Å². The number of nitrogens with one attached hydrogen (secondary N) is 3. The maximum Gasteiger partial charge on any atom is 0.418 e. The van der Waals surface area contributed by atoms with Crippen LogP contribution in [0.5, 0.6) is 5.75 Å². The van der Waals surface area contributed by atoms with Crippen LogP contribution in [0.4, 0.5) is 30.6 Å². The molecule has 0 amide bonds. The molecule has 0 radical (unpaired) electrons. The van der Waals surface area contributed by atoms with Crippen LogP contribution in [0.15, 0.2) is 24.4 Å². The minimum absolute atomic E-state index is 0.0402. The summed E-state index contributed by atoms with van der Waals surface area (Å²) in [6, 6.07) is 4.88. The van der Waals surface area contributed by atoms with E-state index in [2.05, 4.69) is 25.6 Å². The zero-order chi connectivity index (χ0) is 23.1. The average Bonchev–Trinajstić information content (AvgIpc) is 3.37. The van der Waals surface area contributed by atoms with Crippen molar-refractivity contribution in [1.82, 2.24) is 15.0 Å². The number of fused-ring (bicyclic) bond motifs is 1. The monoisotopic (exact) mass is 469 g/mol. The molecule has 3 aromatic rings. The molecule has 0 saturated carbocycles. The number of rotatable bonds is 6. The first-order valence-corrected chi connectivity index (χ1v) is 12.5. The molecular formula is C20H23F3N5O3P. The lowest BCUT2D eigenvalue weighted by Gasteiger charge is -2.17. The predicted octanol–water partition coefficient (Wildman–Crippen LogP) is 4.18. The molecule has 8 nitrogen and oxygen atoms in total. The van der Waals surface area contributed by atoms with E-state index in [9.17, 15) is 17.7 Å². The topological polar surface area (TPSA) is 101 Å². The Labute approximate surface area is 182 Å². The van der Waals surface area contributed by atoms with Gasteiger partial charge in [-0.05, 0) is 37.9 Å². The molecular weight excluding hydrogens is 446 g/mol. The number of nitrogens with zero attached hydrogens (tertiary/aromatic N) is 2. The van der Waals surface area contributed by atoms with Gasteiger partial charge in [0.15, 0.2) is 0 Å². The molecule has 1 fully saturated rings. The Morgan fingerprint density at radius 2 is 2.06 bits per heavy atom. The van der Waals surface area contributed by atoms with Crippen molar-refractivity contribution in [3.05, 3.63) is 30.0 Å². The maximum absolute atomic E-state index is 13.5. The second-order valence-corrected chi connectivity index (χ2v) is 11.1. The van der Waals surface area contributed by atoms with Gasteiger partial charge < -0.3 is 29.7 Å². The molecule has 3 heterocycles. The summed E-state index contributed by atoms with van der Waals surface area (Å²) in [5, 5.41) is 6.57. The lowest BCUT2D eigenvalue weighted by Crippen LogP contribution is -2.21. The summed E-state index contributed by atoms with van der Waals surface area (Å²) >= 11 is 0. The van der Waals surface area contributed by atoms with Gasteiger partial charge in [0.1, 0.15) is 24.4 Å². The molecule has 12 heteroatoms. The SMILES string of the molecule is COc1cc(P(C)(C)=O)ccc1Nc1nc(N[C@@H]2CCOC2)c2c(C(F)(F)F)c[nH]c2n1. The van der Waals surface area contributed by atoms with Crippen LogP contribution in [-0.4, -0.2) is 54.6 Å². The summed E-state index contributed by atoms with van der Waals surface area (Å²) in [5.74, 6) is 0.553. The Kier molecular flexibility index (Phi) is 5.81. The highest BCUT2D eigenvalue weighted by Gasteiger charge is 2.36. The third-order valence-corrected chi connectivity index (χ3v) is 6.68. The average molecular weight is 469 g/mol. The normalized spacial score (nSPS) is 17.0. The lowest BCUT2D eigenvalue weighted by molar-refractivity contribution is -0.136. The minimum atomic E-state index is -4.56. The Morgan fingerprint density at radius 3 is 2.69 bits per heavy atom. The fraction of sp³-hybridized carbons (Fsp3) is 0.400. The van der Waals surface area contributed by atoms with Gasteiger partial charge in [-0.25, -0.2) is 0 Å². The highest BCUT2D eigenvalue weighted by atomic mass is 31.2. The van der Waals surface area contributed by atoms with Crippen LogP contribution in [0.3, 0.4) is 0 Å². The fourth-order valence-electron chi connectivity index (χ4n) is 3.50. The number of hydrogen-bond acceptors (Lipinski definition) is 7. The van der Waals surface area contributed by atoms with Crippen molar-refractivity contribution < 1.29 is 27.2 Å². The van der Waals surface area contributed by atoms with Crippen molar-refractivity contribution in [2.75, 3.05) is 44.3 Å². The summed E-state index contributed by atoms with van der Waals surface area (Å²) in [6.45, 7) is 4.21. The van der Waals surface area contributed by atoms with Crippen LogP contribution >= 0.6 is 7.14 Å². The fourth-order valence-corrected chi connectivity index (χ4v) is 4.36. The molecule has 2 aromatic heterocycles. The Balaban J connectivity index is 1.76. The van der Waals surface area contributed by atoms with E-state index in [1.807, 2.05) is 0 Å². The van der Waals surface area contributed by atoms with Crippen molar-refractivity contribution in [2.45, 2.75) is 18.6 Å². The molecule has 0 spiro atoms. The summed E-state index contributed by atoms with van der Waals surface area (Å²) in [5.41, 5.74) is -0.315. The van der Waals surface area contributed by atoms with E-state index in [1.54, 1.807) is 31.5 Å². The maximum atomic E-state index is 13.5. The highest BCUT2D eigenvalue weighted by Crippen LogP contribution is 2.40. The zero-order valence-corrected chi connectivity index (χ0v) is 18.6. The van der Waals surface area contributed by atoms with E-state index in [0.29, 0.717) is 36.4 Å². The molecule has 0 aliphatic carbocycles. The van der Waals surface area contributed by atoms with E-state index >= 15 is 0 Å². The van der Waals surface area contributed by atoms with E-state index in [1.165, 1.54) is 7.11 Å². The smallest absolute Gasteiger partial charge is 0.418 e. The molecule has 0 bridgehead atoms. The first kappa shape index (κ1) is 22.4. The quantitative estimate of drug-likeness (QED) is 0.466. The number of methoxy groups -OCH3 is 1. The number of alkyl halides is 3. The Morgan fingerprint density at radius 1 is 1.28 bits per heavy atom. The van der Waals surface area contributed by atoms with Crippen molar-refractivity contribution in [1.29, 1.82) is 0 Å². The van der Waals surface area contributed by atoms with Crippen LogP contribution in [0, 0.1) is 0 Å². The van der Waals surface area contributed by atoms with E-state index in [-0.39, 0.29) is 28.8 Å². The number of anilines is 3. The Hall–Kier alpha value is -2.78. The number of aromatic amines is 1. The van der Waals surface area contributed by atoms with Crippen molar-refractivity contribution in [3.63, 3.8) is 0 Å². The van der Waals surface area contributed by atoms with Gasteiger partial charge in [-0.1, -0.05) is 0 Å². The van der Waals surface area contributed by atoms with Crippen LogP contribution < -0.4 is 20.7 Å². The molecule has 32 heavy (non-hydrogen) atoms. The molecule has 172 valence electrons. The van der Waals surface area contributed by atoms with Crippen LogP contribution in [0.1, 0.15) is 12.0 Å². The van der Waals surface area contributed by atoms with Crippen molar-refractivity contribution in [3.8, 4) is 5.75 Å². The molecule has 0 unspecified atom stereocenters. The standard InChI is InChI=1S/C20H23F3N5O3P/c1-30-15-8-12(32(2,3)29)4-5-14(15)26-19-27-17-16(13(9-24-17)20(21,22)23)18(28-19)25-11-6-7-31-10-11/h4-5,8-9,11H,6-7,10H2,1-3H3,(H3,24,25,26,27,28)/t11-/m1/s1.